The minimum atomic E-state index is -0.0656. The maximum Gasteiger partial charge on any atom is 0.253 e. The van der Waals surface area contributed by atoms with Gasteiger partial charge < -0.3 is 11.1 Å². The molecule has 0 aliphatic rings. The zero-order chi connectivity index (χ0) is 18.6. The first kappa shape index (κ1) is 20.3. The summed E-state index contributed by atoms with van der Waals surface area (Å²) in [6, 6.07) is 11.7. The molecule has 0 bridgehead atoms. The number of anilines is 1. The van der Waals surface area contributed by atoms with Crippen LogP contribution in [-0.2, 0) is 0 Å². The summed E-state index contributed by atoms with van der Waals surface area (Å²) >= 11 is 0. The minimum Gasteiger partial charge on any atom is -0.398 e. The normalized spacial score (nSPS) is 11.0. The number of carbonyl (C=O) groups excluding carboxylic acids is 1. The molecule has 3 nitrogen and oxygen atoms in total. The second-order valence-corrected chi connectivity index (χ2v) is 7.22. The topological polar surface area (TPSA) is 55.1 Å². The first-order valence-electron chi connectivity index (χ1n) is 10.3. The van der Waals surface area contributed by atoms with Crippen LogP contribution in [0.2, 0.25) is 0 Å². The fourth-order valence-electron chi connectivity index (χ4n) is 3.36. The van der Waals surface area contributed by atoms with Crippen LogP contribution in [0.1, 0.15) is 81.5 Å². The number of amides is 1. The van der Waals surface area contributed by atoms with Gasteiger partial charge in [-0.1, -0.05) is 89.0 Å². The van der Waals surface area contributed by atoms with Gasteiger partial charge >= 0.3 is 0 Å². The van der Waals surface area contributed by atoms with Crippen molar-refractivity contribution < 1.29 is 4.79 Å². The Bertz CT molecular complexity index is 681. The van der Waals surface area contributed by atoms with E-state index >= 15 is 0 Å². The third-order valence-corrected chi connectivity index (χ3v) is 4.98. The van der Waals surface area contributed by atoms with Crippen molar-refractivity contribution in [2.24, 2.45) is 0 Å². The van der Waals surface area contributed by atoms with Crippen LogP contribution in [0.4, 0.5) is 5.69 Å². The molecule has 3 heteroatoms. The molecule has 3 N–H and O–H groups in total. The molecule has 2 aromatic carbocycles. The highest BCUT2D eigenvalue weighted by molar-refractivity contribution is 6.03. The molecule has 0 aliphatic heterocycles. The maximum atomic E-state index is 12.4. The van der Waals surface area contributed by atoms with Crippen LogP contribution >= 0.6 is 0 Å². The van der Waals surface area contributed by atoms with E-state index in [9.17, 15) is 4.79 Å². The lowest BCUT2D eigenvalue weighted by Gasteiger charge is -2.09. The summed E-state index contributed by atoms with van der Waals surface area (Å²) in [5.74, 6) is -0.0656. The van der Waals surface area contributed by atoms with E-state index in [-0.39, 0.29) is 5.91 Å². The third-order valence-electron chi connectivity index (χ3n) is 4.98. The Morgan fingerprint density at radius 3 is 2.00 bits per heavy atom. The standard InChI is InChI=1S/C23H34N2O/c1-2-3-4-5-6-7-8-9-10-13-16-25-23(26)21-17-19-14-11-12-15-20(19)18-22(21)24/h11-12,14-15,17-18H,2-10,13,16,24H2,1H3,(H,25,26). The van der Waals surface area contributed by atoms with Gasteiger partial charge in [-0.05, 0) is 29.3 Å². The van der Waals surface area contributed by atoms with E-state index in [0.717, 1.165) is 23.7 Å². The lowest BCUT2D eigenvalue weighted by Crippen LogP contribution is -2.25. The molecule has 0 atom stereocenters. The molecule has 0 radical (unpaired) electrons. The Labute approximate surface area is 158 Å². The lowest BCUT2D eigenvalue weighted by atomic mass is 10.0. The molecule has 142 valence electrons. The Kier molecular flexibility index (Phi) is 9.02. The molecule has 0 aliphatic carbocycles. The highest BCUT2D eigenvalue weighted by atomic mass is 16.1. The number of nitrogen functional groups attached to an aromatic ring is 1. The molecule has 1 amide bonds. The summed E-state index contributed by atoms with van der Waals surface area (Å²) in [5, 5.41) is 5.12. The van der Waals surface area contributed by atoms with Crippen LogP contribution in [0.15, 0.2) is 36.4 Å². The smallest absolute Gasteiger partial charge is 0.253 e. The van der Waals surface area contributed by atoms with Crippen molar-refractivity contribution in [1.29, 1.82) is 0 Å². The van der Waals surface area contributed by atoms with Crippen LogP contribution in [0.3, 0.4) is 0 Å². The zero-order valence-electron chi connectivity index (χ0n) is 16.2. The lowest BCUT2D eigenvalue weighted by molar-refractivity contribution is 0.0954. The van der Waals surface area contributed by atoms with E-state index in [0.29, 0.717) is 11.3 Å². The van der Waals surface area contributed by atoms with Crippen LogP contribution in [0.25, 0.3) is 10.8 Å². The number of rotatable bonds is 12. The van der Waals surface area contributed by atoms with Gasteiger partial charge in [-0.3, -0.25) is 4.79 Å². The first-order valence-corrected chi connectivity index (χ1v) is 10.3. The van der Waals surface area contributed by atoms with E-state index in [1.54, 1.807) is 0 Å². The number of fused-ring (bicyclic) bond motifs is 1. The minimum absolute atomic E-state index is 0.0656. The van der Waals surface area contributed by atoms with Crippen molar-refractivity contribution in [3.63, 3.8) is 0 Å². The van der Waals surface area contributed by atoms with Crippen molar-refractivity contribution in [1.82, 2.24) is 5.32 Å². The Morgan fingerprint density at radius 1 is 0.846 bits per heavy atom. The van der Waals surface area contributed by atoms with E-state index in [1.165, 1.54) is 57.8 Å². The quantitative estimate of drug-likeness (QED) is 0.359. The molecular formula is C23H34N2O. The Hall–Kier alpha value is -2.03. The predicted molar refractivity (Wildman–Crippen MR) is 113 cm³/mol. The summed E-state index contributed by atoms with van der Waals surface area (Å²) in [5.41, 5.74) is 7.18. The van der Waals surface area contributed by atoms with Crippen molar-refractivity contribution in [3.05, 3.63) is 42.0 Å². The zero-order valence-corrected chi connectivity index (χ0v) is 16.2. The van der Waals surface area contributed by atoms with Gasteiger partial charge in [0.25, 0.3) is 5.91 Å². The van der Waals surface area contributed by atoms with E-state index < -0.39 is 0 Å². The second-order valence-electron chi connectivity index (χ2n) is 7.22. The number of carbonyl (C=O) groups is 1. The molecule has 0 fully saturated rings. The number of nitrogens with two attached hydrogens (primary N) is 1. The second kappa shape index (κ2) is 11.6. The fourth-order valence-corrected chi connectivity index (χ4v) is 3.36. The molecule has 0 spiro atoms. The van der Waals surface area contributed by atoms with Crippen LogP contribution in [0, 0.1) is 0 Å². The van der Waals surface area contributed by atoms with Crippen LogP contribution in [-0.4, -0.2) is 12.5 Å². The molecular weight excluding hydrogens is 320 g/mol. The van der Waals surface area contributed by atoms with Crippen molar-refractivity contribution in [3.8, 4) is 0 Å². The van der Waals surface area contributed by atoms with E-state index in [1.807, 2.05) is 36.4 Å². The maximum absolute atomic E-state index is 12.4. The van der Waals surface area contributed by atoms with Crippen molar-refractivity contribution in [2.45, 2.75) is 71.1 Å². The van der Waals surface area contributed by atoms with Gasteiger partial charge in [0.1, 0.15) is 0 Å². The van der Waals surface area contributed by atoms with Gasteiger partial charge in [0.2, 0.25) is 0 Å². The third kappa shape index (κ3) is 6.70. The summed E-state index contributed by atoms with van der Waals surface area (Å²) < 4.78 is 0. The molecule has 0 unspecified atom stereocenters. The first-order chi connectivity index (χ1) is 12.7. The number of nitrogens with one attached hydrogen (secondary N) is 1. The van der Waals surface area contributed by atoms with Crippen LogP contribution in [0.5, 0.6) is 0 Å². The van der Waals surface area contributed by atoms with Crippen LogP contribution < -0.4 is 11.1 Å². The van der Waals surface area contributed by atoms with Gasteiger partial charge in [-0.15, -0.1) is 0 Å². The van der Waals surface area contributed by atoms with E-state index in [2.05, 4.69) is 12.2 Å². The summed E-state index contributed by atoms with van der Waals surface area (Å²) in [6.07, 6.45) is 13.0. The molecule has 2 rings (SSSR count). The fraction of sp³-hybridized carbons (Fsp3) is 0.522. The molecule has 26 heavy (non-hydrogen) atoms. The predicted octanol–water partition coefficient (Wildman–Crippen LogP) is 6.07. The molecule has 2 aromatic rings. The van der Waals surface area contributed by atoms with Gasteiger partial charge in [-0.25, -0.2) is 0 Å². The number of unbranched alkanes of at least 4 members (excludes halogenated alkanes) is 9. The summed E-state index contributed by atoms with van der Waals surface area (Å²) in [6.45, 7) is 2.98. The van der Waals surface area contributed by atoms with Gasteiger partial charge in [0.05, 0.1) is 5.56 Å². The van der Waals surface area contributed by atoms with Gasteiger partial charge in [-0.2, -0.15) is 0 Å². The molecule has 0 saturated heterocycles. The summed E-state index contributed by atoms with van der Waals surface area (Å²) in [7, 11) is 0. The highest BCUT2D eigenvalue weighted by Gasteiger charge is 2.10. The number of benzene rings is 2. The molecule has 0 heterocycles. The van der Waals surface area contributed by atoms with Crippen molar-refractivity contribution >= 4 is 22.4 Å². The van der Waals surface area contributed by atoms with Gasteiger partial charge in [0.15, 0.2) is 0 Å². The molecule has 0 saturated carbocycles. The Morgan fingerprint density at radius 2 is 1.38 bits per heavy atom. The van der Waals surface area contributed by atoms with Gasteiger partial charge in [0, 0.05) is 12.2 Å². The number of hydrogen-bond acceptors (Lipinski definition) is 2. The Balaban J connectivity index is 1.61. The van der Waals surface area contributed by atoms with Crippen molar-refractivity contribution in [2.75, 3.05) is 12.3 Å². The largest absolute Gasteiger partial charge is 0.398 e. The average molecular weight is 355 g/mol. The average Bonchev–Trinajstić information content (AvgIpc) is 2.65. The monoisotopic (exact) mass is 354 g/mol. The summed E-state index contributed by atoms with van der Waals surface area (Å²) in [4.78, 5) is 12.4. The SMILES string of the molecule is CCCCCCCCCCCCNC(=O)c1cc2ccccc2cc1N. The number of hydrogen-bond donors (Lipinski definition) is 2. The van der Waals surface area contributed by atoms with E-state index in [4.69, 9.17) is 5.73 Å². The highest BCUT2D eigenvalue weighted by Crippen LogP contribution is 2.21. The molecule has 0 aromatic heterocycles.